The van der Waals surface area contributed by atoms with Gasteiger partial charge in [-0.2, -0.15) is 26.3 Å². The van der Waals surface area contributed by atoms with Crippen molar-refractivity contribution in [2.24, 2.45) is 0 Å². The minimum atomic E-state index is -5.08. The number of halogens is 7. The molecule has 0 N–H and O–H groups in total. The van der Waals surface area contributed by atoms with Crippen LogP contribution in [0, 0.1) is 5.82 Å². The number of likely N-dealkylation sites (tertiary alicyclic amines) is 1. The summed E-state index contributed by atoms with van der Waals surface area (Å²) in [6.45, 7) is 5.36. The van der Waals surface area contributed by atoms with Crippen LogP contribution in [-0.4, -0.2) is 60.8 Å². The molecule has 1 saturated heterocycles. The molecule has 1 heterocycles. The number of carbonyl (C=O) groups excluding carboxylic acids is 2. The number of hydrogen-bond donors (Lipinski definition) is 0. The van der Waals surface area contributed by atoms with Gasteiger partial charge >= 0.3 is 24.5 Å². The first-order valence-electron chi connectivity index (χ1n) is 12.3. The molecule has 2 atom stereocenters. The summed E-state index contributed by atoms with van der Waals surface area (Å²) >= 11 is 0. The van der Waals surface area contributed by atoms with E-state index < -0.39 is 64.7 Å². The Morgan fingerprint density at radius 3 is 1.90 bits per heavy atom. The van der Waals surface area contributed by atoms with E-state index in [1.54, 1.807) is 20.8 Å². The van der Waals surface area contributed by atoms with Gasteiger partial charge in [0.1, 0.15) is 11.4 Å². The molecule has 0 saturated carbocycles. The monoisotopic (exact) mass is 577 g/mol. The van der Waals surface area contributed by atoms with E-state index in [1.165, 1.54) is 41.1 Å². The Bertz CT molecular complexity index is 1190. The molecule has 0 radical (unpaired) electrons. The van der Waals surface area contributed by atoms with Crippen molar-refractivity contribution < 1.29 is 45.1 Å². The number of ether oxygens (including phenoxy) is 1. The first-order valence-corrected chi connectivity index (χ1v) is 12.3. The number of anilines is 1. The van der Waals surface area contributed by atoms with Crippen LogP contribution in [0.4, 0.5) is 46.0 Å². The minimum absolute atomic E-state index is 0.0114. The van der Waals surface area contributed by atoms with Gasteiger partial charge in [-0.05, 0) is 63.1 Å². The lowest BCUT2D eigenvalue weighted by Crippen LogP contribution is -2.54. The number of hydrogen-bond acceptors (Lipinski definition) is 3. The average molecular weight is 578 g/mol. The Kier molecular flexibility index (Phi) is 8.66. The van der Waals surface area contributed by atoms with Crippen molar-refractivity contribution >= 4 is 17.8 Å². The Balaban J connectivity index is 1.93. The maximum atomic E-state index is 13.6. The molecule has 0 spiro atoms. The van der Waals surface area contributed by atoms with E-state index in [0.717, 1.165) is 7.05 Å². The summed E-state index contributed by atoms with van der Waals surface area (Å²) in [4.78, 5) is 29.5. The highest BCUT2D eigenvalue weighted by molar-refractivity contribution is 5.92. The Labute approximate surface area is 227 Å². The molecule has 3 rings (SSSR count). The predicted octanol–water partition coefficient (Wildman–Crippen LogP) is 7.14. The Hall–Kier alpha value is -3.51. The van der Waals surface area contributed by atoms with Crippen molar-refractivity contribution in [3.63, 3.8) is 0 Å². The number of carbonyl (C=O) groups is 2. The van der Waals surface area contributed by atoms with E-state index in [0.29, 0.717) is 22.6 Å². The first kappa shape index (κ1) is 31.0. The zero-order valence-electron chi connectivity index (χ0n) is 22.5. The highest BCUT2D eigenvalue weighted by Gasteiger charge is 2.40. The zero-order chi connectivity index (χ0) is 30.2. The lowest BCUT2D eigenvalue weighted by Gasteiger charge is -2.43. The molecule has 3 amide bonds. The van der Waals surface area contributed by atoms with Crippen LogP contribution >= 0.6 is 0 Å². The number of benzene rings is 2. The molecule has 13 heteroatoms. The standard InChI is InChI=1S/C27H30F7N3O3/c1-25(2,3)40-24(39)37-11-10-22(21(15-37)16-6-8-19(28)9-7-16)36(5)23(38)35(4)20-13-17(26(29,30)31)12-18(14-20)27(32,33)34/h6-9,12-14,21-22H,10-11,15H2,1-5H3/t21-,22+/m0/s1. The lowest BCUT2D eigenvalue weighted by molar-refractivity contribution is -0.143. The van der Waals surface area contributed by atoms with Gasteiger partial charge in [0.05, 0.1) is 11.1 Å². The van der Waals surface area contributed by atoms with Crippen LogP contribution < -0.4 is 4.90 Å². The number of urea groups is 1. The second kappa shape index (κ2) is 11.2. The van der Waals surface area contributed by atoms with Gasteiger partial charge in [0.15, 0.2) is 0 Å². The van der Waals surface area contributed by atoms with E-state index >= 15 is 0 Å². The molecular weight excluding hydrogens is 547 g/mol. The van der Waals surface area contributed by atoms with Crippen molar-refractivity contribution in [3.05, 3.63) is 65.0 Å². The van der Waals surface area contributed by atoms with Gasteiger partial charge in [-0.25, -0.2) is 14.0 Å². The van der Waals surface area contributed by atoms with Crippen molar-refractivity contribution in [2.45, 2.75) is 57.1 Å². The summed E-state index contributed by atoms with van der Waals surface area (Å²) < 4.78 is 99.3. The minimum Gasteiger partial charge on any atom is -0.444 e. The quantitative estimate of drug-likeness (QED) is 0.365. The highest BCUT2D eigenvalue weighted by atomic mass is 19.4. The van der Waals surface area contributed by atoms with Crippen LogP contribution in [0.5, 0.6) is 0 Å². The number of amides is 3. The molecular formula is C27H30F7N3O3. The van der Waals surface area contributed by atoms with Crippen LogP contribution in [0.25, 0.3) is 0 Å². The third kappa shape index (κ3) is 7.36. The number of rotatable bonds is 3. The summed E-state index contributed by atoms with van der Waals surface area (Å²) in [5, 5.41) is 0. The number of likely N-dealkylation sites (N-methyl/N-ethyl adjacent to an activating group) is 1. The van der Waals surface area contributed by atoms with E-state index in [1.807, 2.05) is 0 Å². The van der Waals surface area contributed by atoms with Crippen LogP contribution in [0.2, 0.25) is 0 Å². The van der Waals surface area contributed by atoms with Gasteiger partial charge in [0, 0.05) is 44.8 Å². The molecule has 40 heavy (non-hydrogen) atoms. The smallest absolute Gasteiger partial charge is 0.416 e. The van der Waals surface area contributed by atoms with Gasteiger partial charge in [-0.3, -0.25) is 4.90 Å². The fourth-order valence-electron chi connectivity index (χ4n) is 4.55. The number of alkyl halides is 6. The molecule has 220 valence electrons. The topological polar surface area (TPSA) is 53.1 Å². The van der Waals surface area contributed by atoms with Crippen molar-refractivity contribution in [2.75, 3.05) is 32.1 Å². The van der Waals surface area contributed by atoms with Gasteiger partial charge in [-0.15, -0.1) is 0 Å². The van der Waals surface area contributed by atoms with Gasteiger partial charge in [0.25, 0.3) is 0 Å². The molecule has 6 nitrogen and oxygen atoms in total. The van der Waals surface area contributed by atoms with Crippen molar-refractivity contribution in [1.29, 1.82) is 0 Å². The molecule has 0 bridgehead atoms. The summed E-state index contributed by atoms with van der Waals surface area (Å²) in [6, 6.07) is 4.87. The molecule has 1 aliphatic rings. The molecule has 1 aliphatic heterocycles. The third-order valence-corrected chi connectivity index (χ3v) is 6.57. The summed E-state index contributed by atoms with van der Waals surface area (Å²) in [5.41, 5.74) is -3.87. The number of piperidine rings is 1. The Morgan fingerprint density at radius 2 is 1.43 bits per heavy atom. The van der Waals surface area contributed by atoms with Gasteiger partial charge < -0.3 is 14.5 Å². The van der Waals surface area contributed by atoms with Gasteiger partial charge in [-0.1, -0.05) is 12.1 Å². The summed E-state index contributed by atoms with van der Waals surface area (Å²) in [7, 11) is 2.46. The van der Waals surface area contributed by atoms with E-state index in [9.17, 15) is 40.3 Å². The highest BCUT2D eigenvalue weighted by Crippen LogP contribution is 2.39. The molecule has 0 aromatic heterocycles. The van der Waals surface area contributed by atoms with Crippen molar-refractivity contribution in [3.8, 4) is 0 Å². The predicted molar refractivity (Wildman–Crippen MR) is 133 cm³/mol. The molecule has 1 fully saturated rings. The van der Waals surface area contributed by atoms with Crippen LogP contribution in [-0.2, 0) is 17.1 Å². The lowest BCUT2D eigenvalue weighted by atomic mass is 9.85. The van der Waals surface area contributed by atoms with Crippen LogP contribution in [0.15, 0.2) is 42.5 Å². The molecule has 2 aromatic carbocycles. The van der Waals surface area contributed by atoms with E-state index in [2.05, 4.69) is 0 Å². The third-order valence-electron chi connectivity index (χ3n) is 6.57. The zero-order valence-corrected chi connectivity index (χ0v) is 22.5. The normalized spacial score (nSPS) is 18.4. The van der Waals surface area contributed by atoms with E-state index in [4.69, 9.17) is 4.74 Å². The SMILES string of the molecule is CN(C(=O)N(C)[C@@H]1CCN(C(=O)OC(C)(C)C)C[C@H]1c1ccc(F)cc1)c1cc(C(F)(F)F)cc(C(F)(F)F)c1. The van der Waals surface area contributed by atoms with E-state index in [-0.39, 0.29) is 25.6 Å². The van der Waals surface area contributed by atoms with Crippen LogP contribution in [0.3, 0.4) is 0 Å². The second-order valence-electron chi connectivity index (χ2n) is 10.7. The first-order chi connectivity index (χ1) is 18.3. The molecule has 0 unspecified atom stereocenters. The summed E-state index contributed by atoms with van der Waals surface area (Å²) in [6.07, 6.45) is -10.5. The van der Waals surface area contributed by atoms with Crippen LogP contribution in [0.1, 0.15) is 49.8 Å². The molecule has 0 aliphatic carbocycles. The largest absolute Gasteiger partial charge is 0.444 e. The fraction of sp³-hybridized carbons (Fsp3) is 0.481. The maximum Gasteiger partial charge on any atom is 0.416 e. The Morgan fingerprint density at radius 1 is 0.900 bits per heavy atom. The molecule has 2 aromatic rings. The summed E-state index contributed by atoms with van der Waals surface area (Å²) in [5.74, 6) is -1.06. The van der Waals surface area contributed by atoms with Crippen molar-refractivity contribution in [1.82, 2.24) is 9.80 Å². The second-order valence-corrected chi connectivity index (χ2v) is 10.7. The fourth-order valence-corrected chi connectivity index (χ4v) is 4.55. The average Bonchev–Trinajstić information content (AvgIpc) is 2.85. The number of nitrogens with zero attached hydrogens (tertiary/aromatic N) is 3. The van der Waals surface area contributed by atoms with Gasteiger partial charge in [0.2, 0.25) is 0 Å². The maximum absolute atomic E-state index is 13.6.